The summed E-state index contributed by atoms with van der Waals surface area (Å²) in [6.07, 6.45) is 2.26. The highest BCUT2D eigenvalue weighted by atomic mass is 32.2. The minimum absolute atomic E-state index is 0.0683. The summed E-state index contributed by atoms with van der Waals surface area (Å²) >= 11 is 0. The van der Waals surface area contributed by atoms with Crippen LogP contribution in [0.15, 0.2) is 0 Å². The number of hydrogen-bond donors (Lipinski definition) is 1. The third-order valence-electron chi connectivity index (χ3n) is 3.05. The van der Waals surface area contributed by atoms with Gasteiger partial charge in [-0.3, -0.25) is 0 Å². The average Bonchev–Trinajstić information content (AvgIpc) is 2.82. The number of rotatable bonds is 7. The molecular weight excluding hydrogens is 214 g/mol. The van der Waals surface area contributed by atoms with Crippen molar-refractivity contribution in [2.45, 2.75) is 26.2 Å². The number of aliphatic hydroxyl groups excluding tert-OH is 1. The van der Waals surface area contributed by atoms with Crippen molar-refractivity contribution in [3.8, 4) is 0 Å². The monoisotopic (exact) mass is 235 g/mol. The molecule has 2 unspecified atom stereocenters. The van der Waals surface area contributed by atoms with Crippen molar-refractivity contribution in [1.29, 1.82) is 0 Å². The first kappa shape index (κ1) is 12.9. The molecule has 0 bridgehead atoms. The van der Waals surface area contributed by atoms with E-state index in [4.69, 9.17) is 5.11 Å². The van der Waals surface area contributed by atoms with E-state index >= 15 is 0 Å². The summed E-state index contributed by atoms with van der Waals surface area (Å²) in [5, 5.41) is 8.58. The predicted octanol–water partition coefficient (Wildman–Crippen LogP) is 0.676. The molecular formula is C10H21NO3S. The van der Waals surface area contributed by atoms with Gasteiger partial charge < -0.3 is 5.11 Å². The van der Waals surface area contributed by atoms with Crippen LogP contribution >= 0.6 is 0 Å². The molecule has 0 aliphatic heterocycles. The van der Waals surface area contributed by atoms with Crippen LogP contribution in [0, 0.1) is 11.8 Å². The van der Waals surface area contributed by atoms with Crippen molar-refractivity contribution in [1.82, 2.24) is 4.31 Å². The molecule has 1 aliphatic rings. The van der Waals surface area contributed by atoms with E-state index in [0.717, 1.165) is 6.42 Å². The molecule has 15 heavy (non-hydrogen) atoms. The molecule has 1 N–H and O–H groups in total. The molecule has 0 heterocycles. The van der Waals surface area contributed by atoms with Gasteiger partial charge in [0.05, 0.1) is 5.75 Å². The Labute approximate surface area is 92.3 Å². The second-order valence-corrected chi connectivity index (χ2v) is 6.70. The lowest BCUT2D eigenvalue weighted by Crippen LogP contribution is -2.31. The quantitative estimate of drug-likeness (QED) is 0.660. The largest absolute Gasteiger partial charge is 0.396 e. The summed E-state index contributed by atoms with van der Waals surface area (Å²) in [5.74, 6) is 1.40. The molecule has 90 valence electrons. The second kappa shape index (κ2) is 5.27. The molecule has 1 saturated carbocycles. The van der Waals surface area contributed by atoms with E-state index in [1.165, 1.54) is 4.31 Å². The van der Waals surface area contributed by atoms with Crippen molar-refractivity contribution in [2.24, 2.45) is 11.8 Å². The molecule has 0 aromatic heterocycles. The van der Waals surface area contributed by atoms with Gasteiger partial charge in [0, 0.05) is 20.2 Å². The molecule has 0 saturated heterocycles. The normalized spacial score (nSPS) is 25.9. The van der Waals surface area contributed by atoms with Crippen molar-refractivity contribution in [3.05, 3.63) is 0 Å². The predicted molar refractivity (Wildman–Crippen MR) is 60.0 cm³/mol. The Morgan fingerprint density at radius 1 is 1.40 bits per heavy atom. The number of nitrogens with zero attached hydrogens (tertiary/aromatic N) is 1. The Balaban J connectivity index is 2.32. The Morgan fingerprint density at radius 3 is 2.47 bits per heavy atom. The summed E-state index contributed by atoms with van der Waals surface area (Å²) in [7, 11) is -1.44. The number of sulfonamides is 1. The fourth-order valence-corrected chi connectivity index (χ4v) is 2.95. The van der Waals surface area contributed by atoms with Crippen LogP contribution in [0.3, 0.4) is 0 Å². The standard InChI is InChI=1S/C10H21NO3S/c1-9-7-10(9)8-11(2)15(13,14)6-4-3-5-12/h9-10,12H,3-8H2,1-2H3. The molecule has 0 aromatic carbocycles. The van der Waals surface area contributed by atoms with Crippen LogP contribution in [0.2, 0.25) is 0 Å². The Kier molecular flexibility index (Phi) is 4.55. The maximum Gasteiger partial charge on any atom is 0.213 e. The summed E-state index contributed by atoms with van der Waals surface area (Å²) in [5.41, 5.74) is 0. The highest BCUT2D eigenvalue weighted by Gasteiger charge is 2.35. The first-order valence-electron chi connectivity index (χ1n) is 5.52. The molecule has 0 amide bonds. The fraction of sp³-hybridized carbons (Fsp3) is 1.00. The van der Waals surface area contributed by atoms with Gasteiger partial charge in [-0.15, -0.1) is 0 Å². The van der Waals surface area contributed by atoms with Gasteiger partial charge in [0.15, 0.2) is 0 Å². The third-order valence-corrected chi connectivity index (χ3v) is 4.96. The van der Waals surface area contributed by atoms with Gasteiger partial charge in [-0.05, 0) is 31.1 Å². The number of unbranched alkanes of at least 4 members (excludes halogenated alkanes) is 1. The average molecular weight is 235 g/mol. The molecule has 1 aliphatic carbocycles. The van der Waals surface area contributed by atoms with Crippen molar-refractivity contribution >= 4 is 10.0 Å². The highest BCUT2D eigenvalue weighted by Crippen LogP contribution is 2.38. The molecule has 4 nitrogen and oxygen atoms in total. The lowest BCUT2D eigenvalue weighted by molar-refractivity contribution is 0.287. The SMILES string of the molecule is CC1CC1CN(C)S(=O)(=O)CCCCO. The Morgan fingerprint density at radius 2 is 2.00 bits per heavy atom. The van der Waals surface area contributed by atoms with Gasteiger partial charge in [0.2, 0.25) is 10.0 Å². The topological polar surface area (TPSA) is 57.6 Å². The van der Waals surface area contributed by atoms with E-state index in [-0.39, 0.29) is 12.4 Å². The minimum atomic E-state index is -3.09. The molecule has 1 fully saturated rings. The minimum Gasteiger partial charge on any atom is -0.396 e. The fourth-order valence-electron chi connectivity index (χ4n) is 1.65. The zero-order chi connectivity index (χ0) is 11.5. The van der Waals surface area contributed by atoms with E-state index in [0.29, 0.717) is 31.2 Å². The van der Waals surface area contributed by atoms with Crippen molar-refractivity contribution in [2.75, 3.05) is 26.0 Å². The van der Waals surface area contributed by atoms with Crippen molar-refractivity contribution in [3.63, 3.8) is 0 Å². The van der Waals surface area contributed by atoms with Gasteiger partial charge in [-0.25, -0.2) is 12.7 Å². The third kappa shape index (κ3) is 4.09. The molecule has 0 radical (unpaired) electrons. The van der Waals surface area contributed by atoms with E-state index in [2.05, 4.69) is 6.92 Å². The zero-order valence-electron chi connectivity index (χ0n) is 9.52. The zero-order valence-corrected chi connectivity index (χ0v) is 10.3. The molecule has 5 heteroatoms. The molecule has 1 rings (SSSR count). The maximum absolute atomic E-state index is 11.7. The molecule has 2 atom stereocenters. The van der Waals surface area contributed by atoms with E-state index < -0.39 is 10.0 Å². The van der Waals surface area contributed by atoms with Crippen LogP contribution in [0.5, 0.6) is 0 Å². The van der Waals surface area contributed by atoms with Gasteiger partial charge in [0.25, 0.3) is 0 Å². The van der Waals surface area contributed by atoms with Crippen LogP contribution in [-0.2, 0) is 10.0 Å². The summed E-state index contributed by atoms with van der Waals surface area (Å²) in [6, 6.07) is 0. The second-order valence-electron chi connectivity index (χ2n) is 4.50. The van der Waals surface area contributed by atoms with E-state index in [1.807, 2.05) is 0 Å². The van der Waals surface area contributed by atoms with Crippen molar-refractivity contribution < 1.29 is 13.5 Å². The maximum atomic E-state index is 11.7. The molecule has 0 aromatic rings. The van der Waals surface area contributed by atoms with E-state index in [9.17, 15) is 8.42 Å². The van der Waals surface area contributed by atoms with Crippen LogP contribution in [0.1, 0.15) is 26.2 Å². The van der Waals surface area contributed by atoms with E-state index in [1.54, 1.807) is 7.05 Å². The van der Waals surface area contributed by atoms with Gasteiger partial charge >= 0.3 is 0 Å². The smallest absolute Gasteiger partial charge is 0.213 e. The van der Waals surface area contributed by atoms with Crippen LogP contribution < -0.4 is 0 Å². The van der Waals surface area contributed by atoms with Crippen LogP contribution in [0.25, 0.3) is 0 Å². The molecule has 0 spiro atoms. The van der Waals surface area contributed by atoms with Gasteiger partial charge in [0.1, 0.15) is 0 Å². The highest BCUT2D eigenvalue weighted by molar-refractivity contribution is 7.89. The Hall–Kier alpha value is -0.130. The number of aliphatic hydroxyl groups is 1. The first-order chi connectivity index (χ1) is 6.97. The summed E-state index contributed by atoms with van der Waals surface area (Å²) in [6.45, 7) is 2.87. The van der Waals surface area contributed by atoms with Gasteiger partial charge in [-0.2, -0.15) is 0 Å². The summed E-state index contributed by atoms with van der Waals surface area (Å²) < 4.78 is 24.9. The first-order valence-corrected chi connectivity index (χ1v) is 7.13. The Bertz CT molecular complexity index is 289. The van der Waals surface area contributed by atoms with Crippen LogP contribution in [-0.4, -0.2) is 43.8 Å². The van der Waals surface area contributed by atoms with Gasteiger partial charge in [-0.1, -0.05) is 6.92 Å². The number of hydrogen-bond acceptors (Lipinski definition) is 3. The summed E-state index contributed by atoms with van der Waals surface area (Å²) in [4.78, 5) is 0. The lowest BCUT2D eigenvalue weighted by Gasteiger charge is -2.16. The van der Waals surface area contributed by atoms with Crippen LogP contribution in [0.4, 0.5) is 0 Å². The lowest BCUT2D eigenvalue weighted by atomic mass is 10.3.